The van der Waals surface area contributed by atoms with Crippen molar-refractivity contribution in [1.29, 1.82) is 0 Å². The SMILES string of the molecule is NC(=O)c1ccncc1.O=C(O)c1ccc2c(c1)C(=O)/C(=C\c1cccc(F)c1)[S+]([O-])N2. The number of nitrogens with zero attached hydrogens (tertiary/aromatic N) is 1. The summed E-state index contributed by atoms with van der Waals surface area (Å²) in [6.45, 7) is 0. The molecule has 8 nitrogen and oxygen atoms in total. The van der Waals surface area contributed by atoms with E-state index >= 15 is 0 Å². The number of carbonyl (C=O) groups excluding carboxylic acids is 2. The lowest BCUT2D eigenvalue weighted by Gasteiger charge is -2.21. The van der Waals surface area contributed by atoms with Crippen LogP contribution in [0.3, 0.4) is 0 Å². The van der Waals surface area contributed by atoms with E-state index in [-0.39, 0.29) is 16.0 Å². The lowest BCUT2D eigenvalue weighted by Crippen LogP contribution is -2.27. The second-order valence-corrected chi connectivity index (χ2v) is 7.61. The van der Waals surface area contributed by atoms with E-state index in [2.05, 4.69) is 9.71 Å². The van der Waals surface area contributed by atoms with Crippen LogP contribution < -0.4 is 10.5 Å². The first-order valence-electron chi connectivity index (χ1n) is 9.04. The quantitative estimate of drug-likeness (QED) is 0.408. The molecule has 10 heteroatoms. The van der Waals surface area contributed by atoms with Crippen LogP contribution in [0, 0.1) is 5.82 Å². The monoisotopic (exact) mass is 453 g/mol. The number of Topliss-reactive ketones (excluding diaryl/α,β-unsaturated/α-hetero) is 1. The number of anilines is 1. The smallest absolute Gasteiger partial charge is 0.335 e. The van der Waals surface area contributed by atoms with Gasteiger partial charge in [0.15, 0.2) is 0 Å². The van der Waals surface area contributed by atoms with E-state index in [9.17, 15) is 23.3 Å². The van der Waals surface area contributed by atoms with E-state index in [1.54, 1.807) is 18.2 Å². The van der Waals surface area contributed by atoms with Crippen molar-refractivity contribution in [3.63, 3.8) is 0 Å². The first-order valence-corrected chi connectivity index (χ1v) is 10.2. The number of ketones is 1. The molecule has 1 unspecified atom stereocenters. The van der Waals surface area contributed by atoms with Crippen LogP contribution in [-0.2, 0) is 11.4 Å². The van der Waals surface area contributed by atoms with Gasteiger partial charge in [-0.15, -0.1) is 0 Å². The molecule has 0 spiro atoms. The Morgan fingerprint density at radius 3 is 2.41 bits per heavy atom. The second-order valence-electron chi connectivity index (χ2n) is 6.43. The highest BCUT2D eigenvalue weighted by atomic mass is 32.2. The molecule has 2 heterocycles. The van der Waals surface area contributed by atoms with Gasteiger partial charge in [-0.05, 0) is 48.0 Å². The molecule has 0 fully saturated rings. The Balaban J connectivity index is 0.000000269. The van der Waals surface area contributed by atoms with Gasteiger partial charge in [-0.2, -0.15) is 0 Å². The lowest BCUT2D eigenvalue weighted by molar-refractivity contribution is 0.0696. The van der Waals surface area contributed by atoms with Crippen molar-refractivity contribution in [2.75, 3.05) is 4.72 Å². The standard InChI is InChI=1S/C16H10FNO4S.C6H6N2O/c17-11-3-1-2-9(6-11)7-14-15(19)12-8-10(16(20)21)4-5-13(12)18-23(14)22;7-6(9)5-1-3-8-4-2-5/h1-8,18H,(H,20,21);1-4H,(H2,7,9)/b14-7+;. The zero-order chi connectivity index (χ0) is 23.3. The van der Waals surface area contributed by atoms with Gasteiger partial charge in [0.2, 0.25) is 16.6 Å². The van der Waals surface area contributed by atoms with Gasteiger partial charge in [-0.1, -0.05) is 12.1 Å². The molecule has 0 saturated heterocycles. The molecule has 0 radical (unpaired) electrons. The average molecular weight is 453 g/mol. The number of pyridine rings is 1. The number of aromatic carboxylic acids is 1. The summed E-state index contributed by atoms with van der Waals surface area (Å²) in [6.07, 6.45) is 4.38. The molecule has 32 heavy (non-hydrogen) atoms. The summed E-state index contributed by atoms with van der Waals surface area (Å²) in [5, 5.41) is 9.01. The number of carbonyl (C=O) groups is 3. The molecule has 0 bridgehead atoms. The van der Waals surface area contributed by atoms with Crippen molar-refractivity contribution in [3.8, 4) is 0 Å². The number of nitrogens with two attached hydrogens (primary N) is 1. The van der Waals surface area contributed by atoms with Crippen LogP contribution in [0.2, 0.25) is 0 Å². The normalized spacial score (nSPS) is 15.8. The Hall–Kier alpha value is -4.02. The summed E-state index contributed by atoms with van der Waals surface area (Å²) < 4.78 is 28.0. The van der Waals surface area contributed by atoms with Crippen molar-refractivity contribution in [1.82, 2.24) is 4.98 Å². The molecule has 1 amide bonds. The Morgan fingerprint density at radius 2 is 1.81 bits per heavy atom. The maximum absolute atomic E-state index is 13.2. The molecule has 4 rings (SSSR count). The molecule has 1 atom stereocenters. The summed E-state index contributed by atoms with van der Waals surface area (Å²) in [5.41, 5.74) is 6.20. The molecule has 0 saturated carbocycles. The molecule has 4 N–H and O–H groups in total. The summed E-state index contributed by atoms with van der Waals surface area (Å²) >= 11 is -1.80. The predicted molar refractivity (Wildman–Crippen MR) is 117 cm³/mol. The number of amides is 1. The fourth-order valence-corrected chi connectivity index (χ4v) is 3.72. The minimum Gasteiger partial charge on any atom is -0.588 e. The molecule has 0 aliphatic carbocycles. The maximum atomic E-state index is 13.2. The second kappa shape index (κ2) is 9.86. The number of fused-ring (bicyclic) bond motifs is 1. The van der Waals surface area contributed by atoms with Crippen LogP contribution in [0.5, 0.6) is 0 Å². The molecular formula is C22H16FN3O5S. The number of carboxylic acids is 1. The van der Waals surface area contributed by atoms with Crippen LogP contribution >= 0.6 is 0 Å². The number of allylic oxidation sites excluding steroid dienone is 1. The largest absolute Gasteiger partial charge is 0.588 e. The Morgan fingerprint density at radius 1 is 1.09 bits per heavy atom. The third-order valence-corrected chi connectivity index (χ3v) is 5.36. The number of halogens is 1. The summed E-state index contributed by atoms with van der Waals surface area (Å²) in [6, 6.07) is 12.6. The molecule has 162 valence electrons. The maximum Gasteiger partial charge on any atom is 0.335 e. The number of rotatable bonds is 3. The number of hydrogen-bond acceptors (Lipinski definition) is 6. The molecule has 2 aromatic carbocycles. The van der Waals surface area contributed by atoms with Crippen molar-refractivity contribution in [3.05, 3.63) is 100.0 Å². The van der Waals surface area contributed by atoms with Crippen molar-refractivity contribution in [2.45, 2.75) is 0 Å². The summed E-state index contributed by atoms with van der Waals surface area (Å²) in [4.78, 5) is 37.6. The Bertz CT molecular complexity index is 1220. The zero-order valence-corrected chi connectivity index (χ0v) is 17.1. The first kappa shape index (κ1) is 22.7. The fourth-order valence-electron chi connectivity index (χ4n) is 2.71. The molecule has 1 aliphatic rings. The minimum absolute atomic E-state index is 0.0447. The Labute approximate surface area is 184 Å². The highest BCUT2D eigenvalue weighted by Crippen LogP contribution is 2.31. The van der Waals surface area contributed by atoms with Gasteiger partial charge in [-0.3, -0.25) is 14.6 Å². The summed E-state index contributed by atoms with van der Waals surface area (Å²) in [7, 11) is 0. The molecule has 3 aromatic rings. The van der Waals surface area contributed by atoms with Crippen LogP contribution in [-0.4, -0.2) is 32.3 Å². The van der Waals surface area contributed by atoms with Crippen LogP contribution in [0.15, 0.2) is 71.9 Å². The van der Waals surface area contributed by atoms with E-state index in [4.69, 9.17) is 10.8 Å². The van der Waals surface area contributed by atoms with E-state index in [0.717, 1.165) is 0 Å². The minimum atomic E-state index is -1.80. The number of carboxylic acid groups (broad SMARTS) is 1. The molecule has 1 aliphatic heterocycles. The third kappa shape index (κ3) is 5.36. The third-order valence-electron chi connectivity index (χ3n) is 4.25. The van der Waals surface area contributed by atoms with Gasteiger partial charge in [0, 0.05) is 24.0 Å². The van der Waals surface area contributed by atoms with Gasteiger partial charge in [0.1, 0.15) is 17.2 Å². The number of nitrogens with one attached hydrogen (secondary N) is 1. The van der Waals surface area contributed by atoms with Gasteiger partial charge >= 0.3 is 5.97 Å². The van der Waals surface area contributed by atoms with Gasteiger partial charge in [0.05, 0.1) is 16.8 Å². The lowest BCUT2D eigenvalue weighted by atomic mass is 10.0. The number of benzene rings is 2. The number of aromatic nitrogens is 1. The predicted octanol–water partition coefficient (Wildman–Crippen LogP) is 3.02. The fraction of sp³-hybridized carbons (Fsp3) is 0. The number of hydrogen-bond donors (Lipinski definition) is 3. The van der Waals surface area contributed by atoms with E-state index < -0.39 is 34.8 Å². The van der Waals surface area contributed by atoms with E-state index in [1.807, 2.05) is 0 Å². The van der Waals surface area contributed by atoms with Gasteiger partial charge in [-0.25, -0.2) is 13.9 Å². The topological polar surface area (TPSA) is 145 Å². The van der Waals surface area contributed by atoms with Crippen LogP contribution in [0.4, 0.5) is 10.1 Å². The molecular weight excluding hydrogens is 437 g/mol. The van der Waals surface area contributed by atoms with Gasteiger partial charge in [0.25, 0.3) is 0 Å². The average Bonchev–Trinajstić information content (AvgIpc) is 2.77. The van der Waals surface area contributed by atoms with Crippen molar-refractivity contribution < 1.29 is 28.4 Å². The first-order chi connectivity index (χ1) is 15.3. The van der Waals surface area contributed by atoms with Crippen molar-refractivity contribution in [2.24, 2.45) is 5.73 Å². The van der Waals surface area contributed by atoms with E-state index in [0.29, 0.717) is 16.8 Å². The van der Waals surface area contributed by atoms with Crippen LogP contribution in [0.1, 0.15) is 36.6 Å². The van der Waals surface area contributed by atoms with Crippen molar-refractivity contribution >= 4 is 40.8 Å². The Kier molecular flexibility index (Phi) is 6.98. The highest BCUT2D eigenvalue weighted by Gasteiger charge is 2.34. The van der Waals surface area contributed by atoms with Crippen LogP contribution in [0.25, 0.3) is 6.08 Å². The molecule has 1 aromatic heterocycles. The summed E-state index contributed by atoms with van der Waals surface area (Å²) in [5.74, 6) is -2.61. The number of primary amides is 1. The van der Waals surface area contributed by atoms with Gasteiger partial charge < -0.3 is 15.4 Å². The zero-order valence-electron chi connectivity index (χ0n) is 16.3. The van der Waals surface area contributed by atoms with E-state index in [1.165, 1.54) is 54.9 Å². The highest BCUT2D eigenvalue weighted by molar-refractivity contribution is 7.97.